The van der Waals surface area contributed by atoms with Gasteiger partial charge in [-0.25, -0.2) is 13.1 Å². The van der Waals surface area contributed by atoms with Crippen molar-refractivity contribution in [2.45, 2.75) is 29.6 Å². The predicted molar refractivity (Wildman–Crippen MR) is 106 cm³/mol. The lowest BCUT2D eigenvalue weighted by Gasteiger charge is -2.43. The summed E-state index contributed by atoms with van der Waals surface area (Å²) in [7, 11) is -2.18. The number of sulfonamides is 1. The van der Waals surface area contributed by atoms with Crippen LogP contribution in [0.2, 0.25) is 0 Å². The second kappa shape index (κ2) is 9.25. The van der Waals surface area contributed by atoms with Crippen molar-refractivity contribution in [1.29, 1.82) is 0 Å². The normalized spacial score (nSPS) is 22.8. The molecule has 0 amide bonds. The van der Waals surface area contributed by atoms with Crippen molar-refractivity contribution in [3.8, 4) is 11.5 Å². The van der Waals surface area contributed by atoms with Crippen molar-refractivity contribution >= 4 is 10.0 Å². The highest BCUT2D eigenvalue weighted by Crippen LogP contribution is 2.27. The van der Waals surface area contributed by atoms with Gasteiger partial charge in [-0.2, -0.15) is 8.78 Å². The molecule has 2 aromatic carbocycles. The summed E-state index contributed by atoms with van der Waals surface area (Å²) in [5, 5.41) is 11.2. The van der Waals surface area contributed by atoms with Crippen molar-refractivity contribution in [2.75, 3.05) is 26.7 Å². The fourth-order valence-electron chi connectivity index (χ4n) is 3.22. The van der Waals surface area contributed by atoms with Gasteiger partial charge >= 0.3 is 6.61 Å². The lowest BCUT2D eigenvalue weighted by molar-refractivity contribution is -0.0982. The van der Waals surface area contributed by atoms with Crippen LogP contribution in [0.3, 0.4) is 0 Å². The van der Waals surface area contributed by atoms with Gasteiger partial charge in [0.25, 0.3) is 0 Å². The van der Waals surface area contributed by atoms with Crippen LogP contribution in [0.4, 0.5) is 8.78 Å². The average molecular weight is 442 g/mol. The van der Waals surface area contributed by atoms with Gasteiger partial charge in [-0.05, 0) is 37.7 Å². The Hall–Kier alpha value is -2.27. The highest BCUT2D eigenvalue weighted by molar-refractivity contribution is 7.89. The zero-order valence-corrected chi connectivity index (χ0v) is 17.2. The third-order valence-corrected chi connectivity index (χ3v) is 6.33. The maximum absolute atomic E-state index is 12.7. The van der Waals surface area contributed by atoms with E-state index in [1.54, 1.807) is 24.3 Å². The van der Waals surface area contributed by atoms with Crippen molar-refractivity contribution in [2.24, 2.45) is 0 Å². The van der Waals surface area contributed by atoms with Gasteiger partial charge in [-0.1, -0.05) is 24.3 Å². The van der Waals surface area contributed by atoms with Crippen LogP contribution in [0.5, 0.6) is 11.5 Å². The SMILES string of the molecule is CN1CC[C@](O)(CNS(=O)(=O)c2cccc(OC(F)F)c2)[C@@H](Oc2ccccc2)C1. The number of ether oxygens (including phenoxy) is 2. The molecule has 0 unspecified atom stereocenters. The van der Waals surface area contributed by atoms with Gasteiger partial charge in [0.2, 0.25) is 10.0 Å². The summed E-state index contributed by atoms with van der Waals surface area (Å²) in [6.45, 7) is -2.39. The molecule has 7 nitrogen and oxygen atoms in total. The Morgan fingerprint density at radius 3 is 2.60 bits per heavy atom. The topological polar surface area (TPSA) is 88.1 Å². The standard InChI is InChI=1S/C20H24F2N2O5S/c1-24-11-10-20(25,18(13-24)28-15-6-3-2-4-7-15)14-23-30(26,27)17-9-5-8-16(12-17)29-19(21)22/h2-9,12,18-19,23,25H,10-11,13-14H2,1H3/t18-,20-/m0/s1. The van der Waals surface area contributed by atoms with Crippen LogP contribution < -0.4 is 14.2 Å². The van der Waals surface area contributed by atoms with Gasteiger partial charge in [-0.15, -0.1) is 0 Å². The number of alkyl halides is 2. The molecule has 0 aliphatic carbocycles. The van der Waals surface area contributed by atoms with Crippen LogP contribution in [0.25, 0.3) is 0 Å². The van der Waals surface area contributed by atoms with E-state index in [0.717, 1.165) is 6.07 Å². The monoisotopic (exact) mass is 442 g/mol. The van der Waals surface area contributed by atoms with Crippen molar-refractivity contribution < 1.29 is 31.8 Å². The Labute approximate surface area is 174 Å². The molecular formula is C20H24F2N2O5S. The Bertz CT molecular complexity index is 945. The zero-order valence-electron chi connectivity index (χ0n) is 16.4. The number of rotatable bonds is 8. The molecule has 2 aromatic rings. The Kier molecular flexibility index (Phi) is 6.91. The van der Waals surface area contributed by atoms with Gasteiger partial charge in [0, 0.05) is 25.7 Å². The smallest absolute Gasteiger partial charge is 0.387 e. The molecule has 0 spiro atoms. The number of aliphatic hydroxyl groups is 1. The maximum atomic E-state index is 12.7. The van der Waals surface area contributed by atoms with Crippen LogP contribution >= 0.6 is 0 Å². The summed E-state index contributed by atoms with van der Waals surface area (Å²) in [6, 6.07) is 13.8. The van der Waals surface area contributed by atoms with E-state index in [1.807, 2.05) is 18.0 Å². The fourth-order valence-corrected chi connectivity index (χ4v) is 4.36. The lowest BCUT2D eigenvalue weighted by Crippen LogP contribution is -2.61. The fraction of sp³-hybridized carbons (Fsp3) is 0.400. The summed E-state index contributed by atoms with van der Waals surface area (Å²) in [5.74, 6) is 0.298. The molecule has 1 saturated heterocycles. The molecule has 1 aliphatic rings. The van der Waals surface area contributed by atoms with Crippen LogP contribution in [-0.2, 0) is 10.0 Å². The number of piperidine rings is 1. The Morgan fingerprint density at radius 2 is 1.90 bits per heavy atom. The number of para-hydroxylation sites is 1. The first-order valence-electron chi connectivity index (χ1n) is 9.35. The minimum Gasteiger partial charge on any atom is -0.486 e. The molecule has 0 radical (unpaired) electrons. The number of halogens is 2. The number of hydrogen-bond acceptors (Lipinski definition) is 6. The summed E-state index contributed by atoms with van der Waals surface area (Å²) >= 11 is 0. The third kappa shape index (κ3) is 5.66. The summed E-state index contributed by atoms with van der Waals surface area (Å²) in [6.07, 6.45) is -0.382. The number of benzene rings is 2. The van der Waals surface area contributed by atoms with Gasteiger partial charge in [0.15, 0.2) is 0 Å². The van der Waals surface area contributed by atoms with E-state index >= 15 is 0 Å². The molecule has 0 aromatic heterocycles. The van der Waals surface area contributed by atoms with Crippen molar-refractivity contribution in [3.63, 3.8) is 0 Å². The molecule has 2 atom stereocenters. The second-order valence-electron chi connectivity index (χ2n) is 7.21. The first-order chi connectivity index (χ1) is 14.2. The van der Waals surface area contributed by atoms with Crippen LogP contribution in [0.1, 0.15) is 6.42 Å². The van der Waals surface area contributed by atoms with Gasteiger partial charge in [0.05, 0.1) is 4.90 Å². The average Bonchev–Trinajstić information content (AvgIpc) is 2.70. The largest absolute Gasteiger partial charge is 0.486 e. The molecule has 1 heterocycles. The van der Waals surface area contributed by atoms with E-state index in [-0.39, 0.29) is 23.6 Å². The van der Waals surface area contributed by atoms with E-state index in [4.69, 9.17) is 4.74 Å². The number of nitrogens with one attached hydrogen (secondary N) is 1. The number of nitrogens with zero attached hydrogens (tertiary/aromatic N) is 1. The highest BCUT2D eigenvalue weighted by Gasteiger charge is 2.43. The number of likely N-dealkylation sites (tertiary alicyclic amines) is 1. The maximum Gasteiger partial charge on any atom is 0.387 e. The summed E-state index contributed by atoms with van der Waals surface area (Å²) < 4.78 is 62.7. The van der Waals surface area contributed by atoms with Crippen molar-refractivity contribution in [3.05, 3.63) is 54.6 Å². The van der Waals surface area contributed by atoms with E-state index in [1.165, 1.54) is 18.2 Å². The van der Waals surface area contributed by atoms with E-state index in [2.05, 4.69) is 9.46 Å². The number of likely N-dealkylation sites (N-methyl/N-ethyl adjacent to an activating group) is 1. The number of hydrogen-bond donors (Lipinski definition) is 2. The summed E-state index contributed by atoms with van der Waals surface area (Å²) in [4.78, 5) is 1.75. The Morgan fingerprint density at radius 1 is 1.20 bits per heavy atom. The Balaban J connectivity index is 1.74. The lowest BCUT2D eigenvalue weighted by atomic mass is 9.88. The van der Waals surface area contributed by atoms with Gasteiger partial charge < -0.3 is 19.5 Å². The molecule has 1 fully saturated rings. The van der Waals surface area contributed by atoms with Gasteiger partial charge in [0.1, 0.15) is 23.2 Å². The third-order valence-electron chi connectivity index (χ3n) is 4.93. The molecule has 30 heavy (non-hydrogen) atoms. The minimum atomic E-state index is -4.07. The van der Waals surface area contributed by atoms with E-state index in [0.29, 0.717) is 18.8 Å². The van der Waals surface area contributed by atoms with E-state index < -0.39 is 28.3 Å². The molecule has 0 saturated carbocycles. The summed E-state index contributed by atoms with van der Waals surface area (Å²) in [5.41, 5.74) is -1.45. The molecule has 3 rings (SSSR count). The van der Waals surface area contributed by atoms with E-state index in [9.17, 15) is 22.3 Å². The minimum absolute atomic E-state index is 0.238. The molecule has 0 bridgehead atoms. The molecular weight excluding hydrogens is 418 g/mol. The zero-order chi connectivity index (χ0) is 21.8. The molecule has 164 valence electrons. The van der Waals surface area contributed by atoms with Crippen LogP contribution in [0, 0.1) is 0 Å². The van der Waals surface area contributed by atoms with Crippen LogP contribution in [0.15, 0.2) is 59.5 Å². The predicted octanol–water partition coefficient (Wildman–Crippen LogP) is 2.08. The van der Waals surface area contributed by atoms with Crippen LogP contribution in [-0.4, -0.2) is 63.4 Å². The second-order valence-corrected chi connectivity index (χ2v) is 8.98. The highest BCUT2D eigenvalue weighted by atomic mass is 32.2. The molecule has 10 heteroatoms. The van der Waals surface area contributed by atoms with Gasteiger partial charge in [-0.3, -0.25) is 0 Å². The first kappa shape index (κ1) is 22.4. The van der Waals surface area contributed by atoms with Crippen molar-refractivity contribution in [1.82, 2.24) is 9.62 Å². The first-order valence-corrected chi connectivity index (χ1v) is 10.8. The quantitative estimate of drug-likeness (QED) is 0.651. The molecule has 1 aliphatic heterocycles. The molecule has 2 N–H and O–H groups in total.